The third kappa shape index (κ3) is 3.26. The van der Waals surface area contributed by atoms with Gasteiger partial charge in [-0.25, -0.2) is 0 Å². The third-order valence-electron chi connectivity index (χ3n) is 3.19. The van der Waals surface area contributed by atoms with Crippen LogP contribution < -0.4 is 4.74 Å². The van der Waals surface area contributed by atoms with Crippen molar-refractivity contribution < 1.29 is 9.53 Å². The van der Waals surface area contributed by atoms with Gasteiger partial charge in [-0.2, -0.15) is 5.26 Å². The zero-order valence-corrected chi connectivity index (χ0v) is 12.7. The Hall–Kier alpha value is -2.25. The van der Waals surface area contributed by atoms with Crippen LogP contribution in [0.2, 0.25) is 0 Å². The first-order chi connectivity index (χ1) is 10.2. The molecule has 0 amide bonds. The highest BCUT2D eigenvalue weighted by Gasteiger charge is 2.24. The lowest BCUT2D eigenvalue weighted by atomic mass is 9.91. The molecule has 0 bridgehead atoms. The monoisotopic (exact) mass is 297 g/mol. The van der Waals surface area contributed by atoms with Gasteiger partial charge in [0.05, 0.1) is 13.2 Å². The molecule has 0 aliphatic heterocycles. The maximum atomic E-state index is 12.7. The molecular weight excluding hydrogens is 282 g/mol. The summed E-state index contributed by atoms with van der Waals surface area (Å²) in [4.78, 5) is 13.6. The molecule has 0 aromatic heterocycles. The lowest BCUT2D eigenvalue weighted by molar-refractivity contribution is 0.0976. The fourth-order valence-electron chi connectivity index (χ4n) is 2.11. The van der Waals surface area contributed by atoms with Gasteiger partial charge in [0.1, 0.15) is 11.7 Å². The molecule has 0 aliphatic carbocycles. The molecule has 0 fully saturated rings. The number of hydrogen-bond donors (Lipinski definition) is 0. The second-order valence-electron chi connectivity index (χ2n) is 4.40. The van der Waals surface area contributed by atoms with Crippen molar-refractivity contribution in [1.29, 1.82) is 5.26 Å². The lowest BCUT2D eigenvalue weighted by Crippen LogP contribution is -2.12. The number of ketones is 1. The molecule has 0 N–H and O–H groups in total. The van der Waals surface area contributed by atoms with Gasteiger partial charge in [-0.05, 0) is 30.0 Å². The van der Waals surface area contributed by atoms with Gasteiger partial charge in [0, 0.05) is 10.5 Å². The molecule has 0 radical (unpaired) electrons. The van der Waals surface area contributed by atoms with E-state index in [9.17, 15) is 10.1 Å². The molecule has 0 spiro atoms. The van der Waals surface area contributed by atoms with Crippen molar-refractivity contribution in [3.63, 3.8) is 0 Å². The molecule has 0 heterocycles. The molecule has 1 unspecified atom stereocenters. The highest BCUT2D eigenvalue weighted by atomic mass is 32.2. The Bertz CT molecular complexity index is 691. The number of carbonyl (C=O) groups excluding carboxylic acids is 1. The minimum Gasteiger partial charge on any atom is -0.497 e. The Morgan fingerprint density at radius 1 is 1.24 bits per heavy atom. The summed E-state index contributed by atoms with van der Waals surface area (Å²) in [7, 11) is 1.56. The van der Waals surface area contributed by atoms with Crippen LogP contribution in [0.1, 0.15) is 21.8 Å². The third-order valence-corrected chi connectivity index (χ3v) is 3.99. The topological polar surface area (TPSA) is 50.1 Å². The number of ether oxygens (including phenoxy) is 1. The number of methoxy groups -OCH3 is 1. The van der Waals surface area contributed by atoms with E-state index in [4.69, 9.17) is 4.74 Å². The van der Waals surface area contributed by atoms with E-state index in [0.29, 0.717) is 16.9 Å². The van der Waals surface area contributed by atoms with E-state index in [1.165, 1.54) is 11.8 Å². The van der Waals surface area contributed by atoms with Crippen molar-refractivity contribution >= 4 is 17.5 Å². The Kier molecular flexibility index (Phi) is 5.02. The fraction of sp³-hybridized carbons (Fsp3) is 0.176. The smallest absolute Gasteiger partial charge is 0.185 e. The number of thioether (sulfide) groups is 1. The van der Waals surface area contributed by atoms with Crippen LogP contribution in [0.4, 0.5) is 0 Å². The Morgan fingerprint density at radius 3 is 2.67 bits per heavy atom. The van der Waals surface area contributed by atoms with Crippen molar-refractivity contribution in [2.45, 2.75) is 10.8 Å². The fourth-order valence-corrected chi connectivity index (χ4v) is 2.71. The van der Waals surface area contributed by atoms with Crippen LogP contribution in [-0.4, -0.2) is 19.1 Å². The van der Waals surface area contributed by atoms with Gasteiger partial charge in [0.25, 0.3) is 0 Å². The van der Waals surface area contributed by atoms with Crippen LogP contribution in [0.25, 0.3) is 0 Å². The van der Waals surface area contributed by atoms with Crippen molar-refractivity contribution in [2.24, 2.45) is 0 Å². The van der Waals surface area contributed by atoms with Crippen LogP contribution in [0.15, 0.2) is 53.4 Å². The number of benzene rings is 2. The van der Waals surface area contributed by atoms with Gasteiger partial charge in [-0.3, -0.25) is 4.79 Å². The molecule has 1 atom stereocenters. The van der Waals surface area contributed by atoms with Crippen molar-refractivity contribution in [2.75, 3.05) is 13.4 Å². The van der Waals surface area contributed by atoms with Crippen molar-refractivity contribution in [3.05, 3.63) is 59.7 Å². The predicted octanol–water partition coefficient (Wildman–Crippen LogP) is 3.91. The van der Waals surface area contributed by atoms with Crippen LogP contribution >= 0.6 is 11.8 Å². The summed E-state index contributed by atoms with van der Waals surface area (Å²) < 4.78 is 5.16. The van der Waals surface area contributed by atoms with E-state index in [2.05, 4.69) is 6.07 Å². The second-order valence-corrected chi connectivity index (χ2v) is 5.25. The van der Waals surface area contributed by atoms with E-state index in [1.807, 2.05) is 24.5 Å². The van der Waals surface area contributed by atoms with Crippen molar-refractivity contribution in [1.82, 2.24) is 0 Å². The minimum absolute atomic E-state index is 0.185. The number of rotatable bonds is 5. The molecule has 106 valence electrons. The standard InChI is InChI=1S/C17H15NO2S/c1-20-13-7-5-6-12(10-13)15(11-18)17(19)14-8-3-4-9-16(14)21-2/h3-10,15H,1-2H3. The molecular formula is C17H15NO2S. The first-order valence-electron chi connectivity index (χ1n) is 6.42. The summed E-state index contributed by atoms with van der Waals surface area (Å²) in [6.45, 7) is 0. The van der Waals surface area contributed by atoms with Gasteiger partial charge in [0.15, 0.2) is 5.78 Å². The Balaban J connectivity index is 2.41. The summed E-state index contributed by atoms with van der Waals surface area (Å²) in [5.74, 6) is -0.372. The summed E-state index contributed by atoms with van der Waals surface area (Å²) in [5, 5.41) is 9.42. The average molecular weight is 297 g/mol. The molecule has 21 heavy (non-hydrogen) atoms. The molecule has 0 saturated carbocycles. The van der Waals surface area contributed by atoms with Gasteiger partial charge < -0.3 is 4.74 Å². The Labute approximate surface area is 128 Å². The van der Waals surface area contributed by atoms with Crippen molar-refractivity contribution in [3.8, 4) is 11.8 Å². The SMILES string of the molecule is COc1cccc(C(C#N)C(=O)c2ccccc2SC)c1. The average Bonchev–Trinajstić information content (AvgIpc) is 2.55. The summed E-state index contributed by atoms with van der Waals surface area (Å²) in [6, 6.07) is 16.5. The minimum atomic E-state index is -0.826. The van der Waals surface area contributed by atoms with Crippen LogP contribution in [0.3, 0.4) is 0 Å². The lowest BCUT2D eigenvalue weighted by Gasteiger charge is -2.12. The summed E-state index contributed by atoms with van der Waals surface area (Å²) >= 11 is 1.50. The number of Topliss-reactive ketones (excluding diaryl/α,β-unsaturated/α-hetero) is 1. The predicted molar refractivity (Wildman–Crippen MR) is 83.9 cm³/mol. The van der Waals surface area contributed by atoms with E-state index in [0.717, 1.165) is 4.90 Å². The molecule has 0 aliphatic rings. The Morgan fingerprint density at radius 2 is 2.00 bits per heavy atom. The highest BCUT2D eigenvalue weighted by molar-refractivity contribution is 7.98. The van der Waals surface area contributed by atoms with Gasteiger partial charge in [-0.15, -0.1) is 11.8 Å². The van der Waals surface area contributed by atoms with Gasteiger partial charge >= 0.3 is 0 Å². The zero-order chi connectivity index (χ0) is 15.2. The number of nitrogens with zero attached hydrogens (tertiary/aromatic N) is 1. The number of nitriles is 1. The second kappa shape index (κ2) is 6.96. The summed E-state index contributed by atoms with van der Waals surface area (Å²) in [5.41, 5.74) is 1.23. The number of carbonyl (C=O) groups is 1. The van der Waals surface area contributed by atoms with Crippen LogP contribution in [0, 0.1) is 11.3 Å². The first-order valence-corrected chi connectivity index (χ1v) is 7.64. The molecule has 3 nitrogen and oxygen atoms in total. The highest BCUT2D eigenvalue weighted by Crippen LogP contribution is 2.28. The quantitative estimate of drug-likeness (QED) is 0.620. The maximum Gasteiger partial charge on any atom is 0.185 e. The van der Waals surface area contributed by atoms with E-state index in [1.54, 1.807) is 37.4 Å². The largest absolute Gasteiger partial charge is 0.497 e. The maximum absolute atomic E-state index is 12.7. The molecule has 2 aromatic rings. The van der Waals surface area contributed by atoms with Gasteiger partial charge in [0.2, 0.25) is 0 Å². The van der Waals surface area contributed by atoms with Gasteiger partial charge in [-0.1, -0.05) is 30.3 Å². The normalized spacial score (nSPS) is 11.5. The molecule has 0 saturated heterocycles. The molecule has 4 heteroatoms. The molecule has 2 rings (SSSR count). The molecule has 2 aromatic carbocycles. The van der Waals surface area contributed by atoms with Crippen LogP contribution in [-0.2, 0) is 0 Å². The van der Waals surface area contributed by atoms with E-state index < -0.39 is 5.92 Å². The van der Waals surface area contributed by atoms with Crippen LogP contribution in [0.5, 0.6) is 5.75 Å². The van der Waals surface area contributed by atoms with E-state index >= 15 is 0 Å². The van der Waals surface area contributed by atoms with E-state index in [-0.39, 0.29) is 5.78 Å². The summed E-state index contributed by atoms with van der Waals surface area (Å²) in [6.07, 6.45) is 1.92. The zero-order valence-electron chi connectivity index (χ0n) is 11.9. The number of hydrogen-bond acceptors (Lipinski definition) is 4. The first kappa shape index (κ1) is 15.1.